The summed E-state index contributed by atoms with van der Waals surface area (Å²) < 4.78 is 31.6. The normalized spacial score (nSPS) is 9.76. The molecule has 0 amide bonds. The van der Waals surface area contributed by atoms with Crippen molar-refractivity contribution in [3.8, 4) is 0 Å². The van der Waals surface area contributed by atoms with Crippen LogP contribution in [0.4, 0.5) is 0 Å². The highest BCUT2D eigenvalue weighted by Crippen LogP contribution is 1.65. The molecule has 0 aromatic carbocycles. The molecule has 5 N–H and O–H groups in total. The first-order valence-corrected chi connectivity index (χ1v) is 6.33. The van der Waals surface area contributed by atoms with Gasteiger partial charge in [0.15, 0.2) is 0 Å². The van der Waals surface area contributed by atoms with E-state index >= 15 is 0 Å². The summed E-state index contributed by atoms with van der Waals surface area (Å²) in [7, 11) is -4.67. The van der Waals surface area contributed by atoms with Gasteiger partial charge < -0.3 is 15.3 Å². The second-order valence-electron chi connectivity index (χ2n) is 3.73. The summed E-state index contributed by atoms with van der Waals surface area (Å²) in [5.74, 6) is 0. The van der Waals surface area contributed by atoms with E-state index in [0.29, 0.717) is 0 Å². The van der Waals surface area contributed by atoms with Crippen LogP contribution in [0.2, 0.25) is 0 Å². The average Bonchev–Trinajstić information content (AvgIpc) is 1.73. The second kappa shape index (κ2) is 15.8. The van der Waals surface area contributed by atoms with Gasteiger partial charge in [-0.25, -0.2) is 0 Å². The molecule has 0 rings (SSSR count). The van der Waals surface area contributed by atoms with E-state index in [0.717, 1.165) is 0 Å². The van der Waals surface area contributed by atoms with E-state index in [1.54, 1.807) is 41.5 Å². The van der Waals surface area contributed by atoms with E-state index in [1.807, 2.05) is 0 Å². The molecule has 0 aliphatic carbocycles. The molecule has 0 aromatic heterocycles. The van der Waals surface area contributed by atoms with E-state index in [4.69, 9.17) is 32.8 Å². The number of hydrogen-bond acceptors (Lipinski definition) is 5. The number of aliphatic hydroxyl groups excluding tert-OH is 3. The Morgan fingerprint density at radius 2 is 0.647 bits per heavy atom. The Morgan fingerprint density at radius 1 is 0.647 bits per heavy atom. The van der Waals surface area contributed by atoms with E-state index < -0.39 is 10.4 Å². The monoisotopic (exact) mass is 278 g/mol. The largest absolute Gasteiger partial charge is 0.394 e. The van der Waals surface area contributed by atoms with Crippen molar-refractivity contribution in [2.75, 3.05) is 0 Å². The lowest BCUT2D eigenvalue weighted by Crippen LogP contribution is -1.89. The SMILES string of the molecule is CC(C)O.CC(C)O.CC(C)O.O=S(=O)(O)O. The zero-order chi connectivity index (χ0) is 15.2. The smallest absolute Gasteiger partial charge is 0.394 e. The van der Waals surface area contributed by atoms with Crippen molar-refractivity contribution in [1.29, 1.82) is 0 Å². The molecule has 0 bridgehead atoms. The highest BCUT2D eigenvalue weighted by atomic mass is 32.3. The van der Waals surface area contributed by atoms with Crippen molar-refractivity contribution < 1.29 is 32.8 Å². The molecule has 0 aromatic rings. The van der Waals surface area contributed by atoms with Gasteiger partial charge in [0.2, 0.25) is 0 Å². The standard InChI is InChI=1S/3C3H8O.H2O4S/c3*1-3(2)4;1-5(2,3)4/h3*3-4H,1-2H3;(H2,1,2,3,4). The molecule has 0 heterocycles. The molecule has 0 fully saturated rings. The van der Waals surface area contributed by atoms with Crippen molar-refractivity contribution in [1.82, 2.24) is 0 Å². The fourth-order valence-electron chi connectivity index (χ4n) is 0. The van der Waals surface area contributed by atoms with Crippen LogP contribution in [0.15, 0.2) is 0 Å². The molecular weight excluding hydrogens is 252 g/mol. The zero-order valence-electron chi connectivity index (χ0n) is 11.2. The minimum absolute atomic E-state index is 0.167. The Kier molecular flexibility index (Phi) is 23.7. The minimum Gasteiger partial charge on any atom is -0.394 e. The van der Waals surface area contributed by atoms with Crippen molar-refractivity contribution in [2.45, 2.75) is 59.9 Å². The molecule has 0 unspecified atom stereocenters. The molecule has 17 heavy (non-hydrogen) atoms. The summed E-state index contributed by atoms with van der Waals surface area (Å²) in [6.45, 7) is 10.3. The Hall–Kier alpha value is -0.250. The summed E-state index contributed by atoms with van der Waals surface area (Å²) in [5.41, 5.74) is 0. The average molecular weight is 278 g/mol. The predicted octanol–water partition coefficient (Wildman–Crippen LogP) is 0.508. The topological polar surface area (TPSA) is 135 Å². The van der Waals surface area contributed by atoms with Gasteiger partial charge in [0.1, 0.15) is 0 Å². The van der Waals surface area contributed by atoms with Crippen molar-refractivity contribution in [3.63, 3.8) is 0 Å². The van der Waals surface area contributed by atoms with E-state index in [9.17, 15) is 0 Å². The highest BCUT2D eigenvalue weighted by molar-refractivity contribution is 7.79. The lowest BCUT2D eigenvalue weighted by atomic mass is 10.5. The Labute approximate surface area is 104 Å². The first-order valence-electron chi connectivity index (χ1n) is 4.94. The van der Waals surface area contributed by atoms with E-state index in [-0.39, 0.29) is 18.3 Å². The summed E-state index contributed by atoms with van der Waals surface area (Å²) >= 11 is 0. The van der Waals surface area contributed by atoms with Crippen LogP contribution in [0.3, 0.4) is 0 Å². The van der Waals surface area contributed by atoms with Gasteiger partial charge >= 0.3 is 10.4 Å². The molecule has 110 valence electrons. The van der Waals surface area contributed by atoms with Crippen LogP contribution in [-0.4, -0.2) is 51.2 Å². The summed E-state index contributed by atoms with van der Waals surface area (Å²) in [6.07, 6.45) is -0.500. The third-order valence-electron chi connectivity index (χ3n) is 0. The molecule has 8 heteroatoms. The zero-order valence-corrected chi connectivity index (χ0v) is 12.0. The van der Waals surface area contributed by atoms with Crippen LogP contribution in [0.25, 0.3) is 0 Å². The fraction of sp³-hybridized carbons (Fsp3) is 1.00. The van der Waals surface area contributed by atoms with Crippen LogP contribution in [0.5, 0.6) is 0 Å². The Bertz CT molecular complexity index is 179. The summed E-state index contributed by atoms with van der Waals surface area (Å²) in [4.78, 5) is 0. The maximum atomic E-state index is 8.74. The number of rotatable bonds is 0. The molecule has 0 radical (unpaired) electrons. The Morgan fingerprint density at radius 3 is 0.647 bits per heavy atom. The van der Waals surface area contributed by atoms with Gasteiger partial charge in [-0.2, -0.15) is 8.42 Å². The van der Waals surface area contributed by atoms with Gasteiger partial charge in [-0.3, -0.25) is 9.11 Å². The van der Waals surface area contributed by atoms with Crippen LogP contribution in [-0.2, 0) is 10.4 Å². The molecule has 0 aliphatic heterocycles. The molecule has 0 aliphatic rings. The highest BCUT2D eigenvalue weighted by Gasteiger charge is 1.84. The van der Waals surface area contributed by atoms with Gasteiger partial charge in [-0.05, 0) is 41.5 Å². The van der Waals surface area contributed by atoms with Crippen molar-refractivity contribution >= 4 is 10.4 Å². The van der Waals surface area contributed by atoms with Crippen molar-refractivity contribution in [2.24, 2.45) is 0 Å². The minimum atomic E-state index is -4.67. The van der Waals surface area contributed by atoms with Crippen LogP contribution < -0.4 is 0 Å². The first-order chi connectivity index (χ1) is 7.20. The van der Waals surface area contributed by atoms with Gasteiger partial charge in [0.05, 0.1) is 0 Å². The third-order valence-corrected chi connectivity index (χ3v) is 0. The van der Waals surface area contributed by atoms with E-state index in [2.05, 4.69) is 0 Å². The molecule has 0 saturated carbocycles. The maximum absolute atomic E-state index is 8.74. The van der Waals surface area contributed by atoms with Gasteiger partial charge in [0.25, 0.3) is 0 Å². The van der Waals surface area contributed by atoms with Gasteiger partial charge in [0, 0.05) is 18.3 Å². The van der Waals surface area contributed by atoms with Crippen molar-refractivity contribution in [3.05, 3.63) is 0 Å². The lowest BCUT2D eigenvalue weighted by molar-refractivity contribution is 0.215. The third kappa shape index (κ3) is 47600. The molecule has 0 atom stereocenters. The van der Waals surface area contributed by atoms with Crippen LogP contribution >= 0.6 is 0 Å². The van der Waals surface area contributed by atoms with Gasteiger partial charge in [-0.1, -0.05) is 0 Å². The second-order valence-corrected chi connectivity index (χ2v) is 4.62. The van der Waals surface area contributed by atoms with Crippen LogP contribution in [0.1, 0.15) is 41.5 Å². The Balaban J connectivity index is -0.0000000667. The molecule has 0 spiro atoms. The molecule has 7 nitrogen and oxygen atoms in total. The first kappa shape index (κ1) is 25.6. The number of hydrogen-bond donors (Lipinski definition) is 5. The number of aliphatic hydroxyl groups is 3. The summed E-state index contributed by atoms with van der Waals surface area (Å²) in [5, 5.41) is 24.2. The fourth-order valence-corrected chi connectivity index (χ4v) is 0. The van der Waals surface area contributed by atoms with E-state index in [1.165, 1.54) is 0 Å². The quantitative estimate of drug-likeness (QED) is 0.407. The molecular formula is C9H26O7S. The molecule has 0 saturated heterocycles. The van der Waals surface area contributed by atoms with Crippen LogP contribution in [0, 0.1) is 0 Å². The maximum Gasteiger partial charge on any atom is 0.394 e. The summed E-state index contributed by atoms with van der Waals surface area (Å²) in [6, 6.07) is 0. The van der Waals surface area contributed by atoms with Gasteiger partial charge in [-0.15, -0.1) is 0 Å². The predicted molar refractivity (Wildman–Crippen MR) is 66.2 cm³/mol. The lowest BCUT2D eigenvalue weighted by Gasteiger charge is -1.80.